The van der Waals surface area contributed by atoms with Crippen LogP contribution in [0.1, 0.15) is 11.5 Å². The van der Waals surface area contributed by atoms with E-state index in [1.807, 2.05) is 6.92 Å². The third-order valence-corrected chi connectivity index (χ3v) is 2.45. The molecule has 2 rings (SSSR count). The van der Waals surface area contributed by atoms with Crippen molar-refractivity contribution in [1.82, 2.24) is 15.3 Å². The molecule has 1 heterocycles. The minimum absolute atomic E-state index is 0.526. The Morgan fingerprint density at radius 2 is 1.89 bits per heavy atom. The molecule has 0 atom stereocenters. The van der Waals surface area contributed by atoms with Gasteiger partial charge in [0.25, 0.3) is 0 Å². The number of hydrogen-bond acceptors (Lipinski definition) is 3. The second-order valence-electron chi connectivity index (χ2n) is 3.97. The average Bonchev–Trinajstić information content (AvgIpc) is 2.32. The van der Waals surface area contributed by atoms with E-state index in [0.717, 1.165) is 17.8 Å². The molecule has 2 aromatic rings. The fourth-order valence-electron chi connectivity index (χ4n) is 1.67. The zero-order chi connectivity index (χ0) is 13.1. The summed E-state index contributed by atoms with van der Waals surface area (Å²) in [5, 5.41) is 2.95. The van der Waals surface area contributed by atoms with Crippen LogP contribution in [0.15, 0.2) is 24.3 Å². The molecule has 5 heteroatoms. The molecule has 0 spiro atoms. The van der Waals surface area contributed by atoms with Crippen LogP contribution in [-0.2, 0) is 6.54 Å². The molecular formula is C13H13F2N3. The van der Waals surface area contributed by atoms with E-state index in [2.05, 4.69) is 15.3 Å². The van der Waals surface area contributed by atoms with Crippen LogP contribution in [0, 0.1) is 18.6 Å². The molecule has 0 aliphatic carbocycles. The molecule has 18 heavy (non-hydrogen) atoms. The fourth-order valence-corrected chi connectivity index (χ4v) is 1.67. The van der Waals surface area contributed by atoms with Gasteiger partial charge in [0.2, 0.25) is 0 Å². The fraction of sp³-hybridized carbons (Fsp3) is 0.231. The first-order valence-corrected chi connectivity index (χ1v) is 5.54. The van der Waals surface area contributed by atoms with E-state index in [1.165, 1.54) is 6.07 Å². The predicted octanol–water partition coefficient (Wildman–Crippen LogP) is 2.45. The molecule has 0 unspecified atom stereocenters. The smallest absolute Gasteiger partial charge is 0.159 e. The first kappa shape index (κ1) is 12.6. The molecule has 0 aliphatic heterocycles. The molecule has 0 fully saturated rings. The summed E-state index contributed by atoms with van der Waals surface area (Å²) in [6.07, 6.45) is 0. The molecule has 0 radical (unpaired) electrons. The van der Waals surface area contributed by atoms with E-state index in [1.54, 1.807) is 13.1 Å². The summed E-state index contributed by atoms with van der Waals surface area (Å²) in [4.78, 5) is 8.55. The number of benzene rings is 1. The number of hydrogen-bond donors (Lipinski definition) is 1. The van der Waals surface area contributed by atoms with Crippen LogP contribution in [0.25, 0.3) is 11.3 Å². The van der Waals surface area contributed by atoms with E-state index in [0.29, 0.717) is 23.6 Å². The van der Waals surface area contributed by atoms with Gasteiger partial charge in [-0.2, -0.15) is 0 Å². The highest BCUT2D eigenvalue weighted by atomic mass is 19.2. The summed E-state index contributed by atoms with van der Waals surface area (Å²) in [6.45, 7) is 2.36. The molecular weight excluding hydrogens is 236 g/mol. The molecule has 0 bridgehead atoms. The first-order chi connectivity index (χ1) is 8.60. The number of halogens is 2. The maximum Gasteiger partial charge on any atom is 0.159 e. The van der Waals surface area contributed by atoms with Crippen molar-refractivity contribution in [2.24, 2.45) is 0 Å². The van der Waals surface area contributed by atoms with Crippen LogP contribution in [0.3, 0.4) is 0 Å². The van der Waals surface area contributed by atoms with Crippen molar-refractivity contribution in [2.75, 3.05) is 7.05 Å². The summed E-state index contributed by atoms with van der Waals surface area (Å²) < 4.78 is 26.1. The number of rotatable bonds is 3. The molecule has 1 aromatic carbocycles. The van der Waals surface area contributed by atoms with E-state index < -0.39 is 11.6 Å². The van der Waals surface area contributed by atoms with Gasteiger partial charge in [0.05, 0.1) is 12.2 Å². The van der Waals surface area contributed by atoms with Gasteiger partial charge in [-0.1, -0.05) is 0 Å². The third-order valence-electron chi connectivity index (χ3n) is 2.45. The monoisotopic (exact) mass is 249 g/mol. The van der Waals surface area contributed by atoms with Crippen molar-refractivity contribution < 1.29 is 8.78 Å². The van der Waals surface area contributed by atoms with Crippen LogP contribution < -0.4 is 5.32 Å². The van der Waals surface area contributed by atoms with Gasteiger partial charge in [0.15, 0.2) is 11.6 Å². The Kier molecular flexibility index (Phi) is 3.62. The molecule has 0 saturated heterocycles. The summed E-state index contributed by atoms with van der Waals surface area (Å²) in [7, 11) is 1.79. The van der Waals surface area contributed by atoms with Crippen LogP contribution in [0.4, 0.5) is 8.78 Å². The number of aromatic nitrogens is 2. The van der Waals surface area contributed by atoms with Crippen molar-refractivity contribution >= 4 is 0 Å². The Hall–Kier alpha value is -1.88. The minimum atomic E-state index is -0.876. The lowest BCUT2D eigenvalue weighted by Gasteiger charge is -2.06. The summed E-state index contributed by atoms with van der Waals surface area (Å²) in [5.74, 6) is -1.11. The third kappa shape index (κ3) is 2.68. The molecule has 0 aliphatic rings. The van der Waals surface area contributed by atoms with Crippen molar-refractivity contribution in [3.8, 4) is 11.3 Å². The Labute approximate surface area is 104 Å². The van der Waals surface area contributed by atoms with Gasteiger partial charge in [-0.05, 0) is 38.2 Å². The minimum Gasteiger partial charge on any atom is -0.313 e. The van der Waals surface area contributed by atoms with Gasteiger partial charge >= 0.3 is 0 Å². The van der Waals surface area contributed by atoms with Crippen molar-refractivity contribution in [3.05, 3.63) is 47.4 Å². The zero-order valence-electron chi connectivity index (χ0n) is 10.2. The Morgan fingerprint density at radius 1 is 1.11 bits per heavy atom. The van der Waals surface area contributed by atoms with E-state index in [-0.39, 0.29) is 0 Å². The highest BCUT2D eigenvalue weighted by molar-refractivity contribution is 5.59. The standard InChI is InChI=1S/C13H13F2N3/c1-8-5-12(18-13(17-8)7-16-2)9-3-4-10(14)11(15)6-9/h3-6,16H,7H2,1-2H3. The number of aryl methyl sites for hydroxylation is 1. The molecule has 0 amide bonds. The number of nitrogens with zero attached hydrogens (tertiary/aromatic N) is 2. The maximum atomic E-state index is 13.2. The Balaban J connectivity index is 2.46. The zero-order valence-corrected chi connectivity index (χ0v) is 10.2. The van der Waals surface area contributed by atoms with Crippen molar-refractivity contribution in [1.29, 1.82) is 0 Å². The maximum absolute atomic E-state index is 13.2. The first-order valence-electron chi connectivity index (χ1n) is 5.54. The molecule has 3 nitrogen and oxygen atoms in total. The van der Waals surface area contributed by atoms with Gasteiger partial charge in [0.1, 0.15) is 5.82 Å². The Morgan fingerprint density at radius 3 is 2.56 bits per heavy atom. The second-order valence-corrected chi connectivity index (χ2v) is 3.97. The van der Waals surface area contributed by atoms with E-state index in [4.69, 9.17) is 0 Å². The lowest BCUT2D eigenvalue weighted by atomic mass is 10.1. The molecule has 94 valence electrons. The SMILES string of the molecule is CNCc1nc(C)cc(-c2ccc(F)c(F)c2)n1. The lowest BCUT2D eigenvalue weighted by molar-refractivity contribution is 0.509. The normalized spacial score (nSPS) is 10.7. The largest absolute Gasteiger partial charge is 0.313 e. The van der Waals surface area contributed by atoms with Crippen molar-refractivity contribution in [3.63, 3.8) is 0 Å². The van der Waals surface area contributed by atoms with Gasteiger partial charge in [-0.3, -0.25) is 0 Å². The van der Waals surface area contributed by atoms with Gasteiger partial charge in [-0.15, -0.1) is 0 Å². The predicted molar refractivity (Wildman–Crippen MR) is 64.9 cm³/mol. The van der Waals surface area contributed by atoms with E-state index in [9.17, 15) is 8.78 Å². The van der Waals surface area contributed by atoms with Gasteiger partial charge in [-0.25, -0.2) is 18.7 Å². The van der Waals surface area contributed by atoms with Crippen LogP contribution >= 0.6 is 0 Å². The van der Waals surface area contributed by atoms with Crippen LogP contribution in [-0.4, -0.2) is 17.0 Å². The molecule has 1 aromatic heterocycles. The topological polar surface area (TPSA) is 37.8 Å². The van der Waals surface area contributed by atoms with Crippen LogP contribution in [0.2, 0.25) is 0 Å². The highest BCUT2D eigenvalue weighted by Gasteiger charge is 2.08. The summed E-state index contributed by atoms with van der Waals surface area (Å²) in [5.41, 5.74) is 1.92. The highest BCUT2D eigenvalue weighted by Crippen LogP contribution is 2.20. The van der Waals surface area contributed by atoms with E-state index >= 15 is 0 Å². The van der Waals surface area contributed by atoms with Gasteiger partial charge in [0, 0.05) is 11.3 Å². The quantitative estimate of drug-likeness (QED) is 0.908. The molecule has 0 saturated carbocycles. The van der Waals surface area contributed by atoms with Crippen molar-refractivity contribution in [2.45, 2.75) is 13.5 Å². The summed E-state index contributed by atoms with van der Waals surface area (Å²) >= 11 is 0. The Bertz CT molecular complexity index is 570. The second kappa shape index (κ2) is 5.18. The number of nitrogens with one attached hydrogen (secondary N) is 1. The van der Waals surface area contributed by atoms with Crippen LogP contribution in [0.5, 0.6) is 0 Å². The lowest BCUT2D eigenvalue weighted by Crippen LogP contribution is -2.10. The van der Waals surface area contributed by atoms with Gasteiger partial charge < -0.3 is 5.32 Å². The molecule has 1 N–H and O–H groups in total. The average molecular weight is 249 g/mol. The summed E-state index contributed by atoms with van der Waals surface area (Å²) in [6, 6.07) is 5.48.